The van der Waals surface area contributed by atoms with Gasteiger partial charge in [0.15, 0.2) is 0 Å². The van der Waals surface area contributed by atoms with Crippen molar-refractivity contribution < 1.29 is 22.7 Å². The minimum absolute atomic E-state index is 0.0389. The van der Waals surface area contributed by atoms with Gasteiger partial charge in [0, 0.05) is 24.7 Å². The van der Waals surface area contributed by atoms with Crippen LogP contribution in [0.4, 0.5) is 13.2 Å². The predicted octanol–water partition coefficient (Wildman–Crippen LogP) is 3.93. The third kappa shape index (κ3) is 4.66. The molecule has 0 aliphatic rings. The Labute approximate surface area is 139 Å². The number of alkyl halides is 3. The van der Waals surface area contributed by atoms with Crippen molar-refractivity contribution in [2.75, 3.05) is 13.7 Å². The topological polar surface area (TPSA) is 51.2 Å². The van der Waals surface area contributed by atoms with Crippen LogP contribution in [0.2, 0.25) is 4.34 Å². The molecule has 0 radical (unpaired) electrons. The summed E-state index contributed by atoms with van der Waals surface area (Å²) >= 11 is 7.17. The van der Waals surface area contributed by atoms with Crippen LogP contribution in [0, 0.1) is 0 Å². The molecule has 124 valence electrons. The maximum Gasteiger partial charge on any atom is 0.433 e. The van der Waals surface area contributed by atoms with E-state index < -0.39 is 17.8 Å². The fourth-order valence-corrected chi connectivity index (χ4v) is 2.92. The van der Waals surface area contributed by atoms with Gasteiger partial charge in [0.2, 0.25) is 0 Å². The molecule has 0 fully saturated rings. The number of pyridine rings is 1. The molecule has 0 saturated heterocycles. The molecule has 1 atom stereocenters. The summed E-state index contributed by atoms with van der Waals surface area (Å²) in [5.74, 6) is -0.532. The van der Waals surface area contributed by atoms with Crippen molar-refractivity contribution in [3.05, 3.63) is 50.9 Å². The number of rotatable bonds is 5. The van der Waals surface area contributed by atoms with E-state index >= 15 is 0 Å². The van der Waals surface area contributed by atoms with Crippen LogP contribution in [0.15, 0.2) is 30.5 Å². The third-order valence-corrected chi connectivity index (χ3v) is 4.28. The van der Waals surface area contributed by atoms with Crippen molar-refractivity contribution in [2.24, 2.45) is 0 Å². The van der Waals surface area contributed by atoms with Crippen molar-refractivity contribution in [1.29, 1.82) is 0 Å². The van der Waals surface area contributed by atoms with E-state index in [9.17, 15) is 18.0 Å². The second-order valence-corrected chi connectivity index (χ2v) is 6.25. The molecule has 0 unspecified atom stereocenters. The lowest BCUT2D eigenvalue weighted by Gasteiger charge is -2.14. The van der Waals surface area contributed by atoms with Gasteiger partial charge in [-0.1, -0.05) is 11.6 Å². The van der Waals surface area contributed by atoms with E-state index in [0.29, 0.717) is 4.34 Å². The zero-order chi connectivity index (χ0) is 17.0. The summed E-state index contributed by atoms with van der Waals surface area (Å²) in [6.07, 6.45) is -4.03. The summed E-state index contributed by atoms with van der Waals surface area (Å²) in [7, 11) is 1.49. The molecule has 4 nitrogen and oxygen atoms in total. The first kappa shape index (κ1) is 17.7. The number of nitrogens with zero attached hydrogens (tertiary/aromatic N) is 1. The van der Waals surface area contributed by atoms with E-state index in [4.69, 9.17) is 16.3 Å². The third-order valence-electron chi connectivity index (χ3n) is 2.96. The first-order valence-electron chi connectivity index (χ1n) is 6.40. The van der Waals surface area contributed by atoms with Gasteiger partial charge in [0.1, 0.15) is 11.8 Å². The van der Waals surface area contributed by atoms with Gasteiger partial charge in [-0.2, -0.15) is 13.2 Å². The zero-order valence-corrected chi connectivity index (χ0v) is 13.4. The van der Waals surface area contributed by atoms with Crippen molar-refractivity contribution in [1.82, 2.24) is 10.3 Å². The Kier molecular flexibility index (Phi) is 5.61. The van der Waals surface area contributed by atoms with Gasteiger partial charge in [0.25, 0.3) is 5.91 Å². The molecular formula is C14H12ClF3N2O2S. The number of ether oxygens (including phenoxy) is 1. The summed E-state index contributed by atoms with van der Waals surface area (Å²) in [6, 6.07) is 5.35. The highest BCUT2D eigenvalue weighted by Crippen LogP contribution is 2.29. The molecule has 9 heteroatoms. The fraction of sp³-hybridized carbons (Fsp3) is 0.286. The number of methoxy groups -OCH3 is 1. The van der Waals surface area contributed by atoms with E-state index in [1.165, 1.54) is 18.4 Å². The van der Waals surface area contributed by atoms with Crippen LogP contribution in [0.3, 0.4) is 0 Å². The molecule has 2 heterocycles. The summed E-state index contributed by atoms with van der Waals surface area (Å²) in [5.41, 5.74) is -1.01. The van der Waals surface area contributed by atoms with Crippen LogP contribution in [-0.4, -0.2) is 24.5 Å². The second kappa shape index (κ2) is 7.29. The molecule has 2 rings (SSSR count). The van der Waals surface area contributed by atoms with Crippen LogP contribution in [0.25, 0.3) is 0 Å². The summed E-state index contributed by atoms with van der Waals surface area (Å²) in [5, 5.41) is 2.59. The first-order chi connectivity index (χ1) is 10.8. The number of aromatic nitrogens is 1. The van der Waals surface area contributed by atoms with Crippen molar-refractivity contribution in [3.8, 4) is 0 Å². The summed E-state index contributed by atoms with van der Waals surface area (Å²) in [4.78, 5) is 16.0. The molecule has 0 bridgehead atoms. The first-order valence-corrected chi connectivity index (χ1v) is 7.60. The van der Waals surface area contributed by atoms with Crippen molar-refractivity contribution in [3.63, 3.8) is 0 Å². The molecule has 1 amide bonds. The number of hydrogen-bond donors (Lipinski definition) is 1. The van der Waals surface area contributed by atoms with Crippen LogP contribution < -0.4 is 5.32 Å². The van der Waals surface area contributed by atoms with Gasteiger partial charge in [-0.25, -0.2) is 0 Å². The minimum atomic E-state index is -4.53. The number of nitrogens with one attached hydrogen (secondary N) is 1. The monoisotopic (exact) mass is 364 g/mol. The zero-order valence-electron chi connectivity index (χ0n) is 11.9. The molecule has 0 aromatic carbocycles. The maximum absolute atomic E-state index is 12.4. The number of thiophene rings is 1. The Balaban J connectivity index is 1.98. The summed E-state index contributed by atoms with van der Waals surface area (Å²) < 4.78 is 43.1. The van der Waals surface area contributed by atoms with Gasteiger partial charge in [0.05, 0.1) is 9.90 Å². The molecule has 1 N–H and O–H groups in total. The maximum atomic E-state index is 12.4. The smallest absolute Gasteiger partial charge is 0.374 e. The molecule has 0 aliphatic heterocycles. The van der Waals surface area contributed by atoms with Crippen LogP contribution in [0.1, 0.15) is 27.0 Å². The van der Waals surface area contributed by atoms with Crippen molar-refractivity contribution in [2.45, 2.75) is 12.3 Å². The lowest BCUT2D eigenvalue weighted by Crippen LogP contribution is -2.29. The van der Waals surface area contributed by atoms with Gasteiger partial charge >= 0.3 is 6.18 Å². The van der Waals surface area contributed by atoms with E-state index in [2.05, 4.69) is 10.3 Å². The van der Waals surface area contributed by atoms with Crippen LogP contribution >= 0.6 is 22.9 Å². The Hall–Kier alpha value is -1.64. The Morgan fingerprint density at radius 3 is 2.61 bits per heavy atom. The highest BCUT2D eigenvalue weighted by atomic mass is 35.5. The largest absolute Gasteiger partial charge is 0.433 e. The van der Waals surface area contributed by atoms with Crippen LogP contribution in [0.5, 0.6) is 0 Å². The van der Waals surface area contributed by atoms with Gasteiger partial charge in [-0.05, 0) is 24.3 Å². The average Bonchev–Trinajstić information content (AvgIpc) is 2.93. The molecular weight excluding hydrogens is 353 g/mol. The Bertz CT molecular complexity index is 673. The average molecular weight is 365 g/mol. The van der Waals surface area contributed by atoms with E-state index in [1.54, 1.807) is 12.1 Å². The van der Waals surface area contributed by atoms with Gasteiger partial charge in [-0.3, -0.25) is 9.78 Å². The molecule has 0 aliphatic carbocycles. The SMILES string of the molecule is CO[C@H](CNC(=O)c1ccc(C(F)(F)F)nc1)c1ccc(Cl)s1. The number of amides is 1. The lowest BCUT2D eigenvalue weighted by atomic mass is 10.2. The number of halogens is 4. The minimum Gasteiger partial charge on any atom is -0.374 e. The quantitative estimate of drug-likeness (QED) is 0.874. The van der Waals surface area contributed by atoms with E-state index in [1.807, 2.05) is 0 Å². The molecule has 0 saturated carbocycles. The highest BCUT2D eigenvalue weighted by Gasteiger charge is 2.32. The number of carbonyl (C=O) groups excluding carboxylic acids is 1. The fourth-order valence-electron chi connectivity index (χ4n) is 1.78. The lowest BCUT2D eigenvalue weighted by molar-refractivity contribution is -0.141. The molecule has 2 aromatic rings. The summed E-state index contributed by atoms with van der Waals surface area (Å²) in [6.45, 7) is 0.160. The molecule has 2 aromatic heterocycles. The Morgan fingerprint density at radius 2 is 2.13 bits per heavy atom. The standard InChI is InChI=1S/C14H12ClF3N2O2S/c1-22-9(10-3-5-12(15)23-10)7-20-13(21)8-2-4-11(19-6-8)14(16,17)18/h2-6,9H,7H2,1H3,(H,20,21)/t9-/m1/s1. The van der Waals surface area contributed by atoms with Gasteiger partial charge < -0.3 is 10.1 Å². The number of carbonyl (C=O) groups is 1. The van der Waals surface area contributed by atoms with Crippen LogP contribution in [-0.2, 0) is 10.9 Å². The molecule has 0 spiro atoms. The highest BCUT2D eigenvalue weighted by molar-refractivity contribution is 7.16. The van der Waals surface area contributed by atoms with Crippen molar-refractivity contribution >= 4 is 28.8 Å². The van der Waals surface area contributed by atoms with E-state index in [0.717, 1.165) is 23.2 Å². The second-order valence-electron chi connectivity index (χ2n) is 4.51. The van der Waals surface area contributed by atoms with Gasteiger partial charge in [-0.15, -0.1) is 11.3 Å². The number of hydrogen-bond acceptors (Lipinski definition) is 4. The van der Waals surface area contributed by atoms with E-state index in [-0.39, 0.29) is 18.2 Å². The molecule has 23 heavy (non-hydrogen) atoms. The normalized spacial score (nSPS) is 12.9. The predicted molar refractivity (Wildman–Crippen MR) is 80.7 cm³/mol. The Morgan fingerprint density at radius 1 is 1.39 bits per heavy atom.